The molecule has 26 heavy (non-hydrogen) atoms. The normalized spacial score (nSPS) is 13.3. The van der Waals surface area contributed by atoms with Gasteiger partial charge in [-0.1, -0.05) is 11.3 Å². The van der Waals surface area contributed by atoms with Crippen LogP contribution in [0.5, 0.6) is 0 Å². The maximum absolute atomic E-state index is 11.4. The summed E-state index contributed by atoms with van der Waals surface area (Å²) in [4.78, 5) is 1.37. The molecule has 1 heterocycles. The molecule has 16 heteroatoms. The van der Waals surface area contributed by atoms with E-state index in [-0.39, 0.29) is 0 Å². The molecule has 0 aliphatic rings. The van der Waals surface area contributed by atoms with Crippen LogP contribution in [0.4, 0.5) is 26.3 Å². The summed E-state index contributed by atoms with van der Waals surface area (Å²) in [5.74, 6) is 0. The third-order valence-corrected chi connectivity index (χ3v) is 6.26. The number of aromatic nitrogens is 1. The van der Waals surface area contributed by atoms with Crippen molar-refractivity contribution in [2.24, 2.45) is 0 Å². The van der Waals surface area contributed by atoms with Gasteiger partial charge < -0.3 is 8.86 Å². The van der Waals surface area contributed by atoms with E-state index < -0.39 is 31.1 Å². The highest BCUT2D eigenvalue weighted by molar-refractivity contribution is 8.13. The minimum atomic E-state index is -6.72. The molecule has 1 rings (SSSR count). The fourth-order valence-corrected chi connectivity index (χ4v) is 3.54. The summed E-state index contributed by atoms with van der Waals surface area (Å²) in [6, 6.07) is 0. The predicted octanol–water partition coefficient (Wildman–Crippen LogP) is 2.71. The molecule has 0 saturated carbocycles. The fraction of sp³-hybridized carbons (Fsp3) is 0.700. The number of sulfonamides is 2. The smallest absolute Gasteiger partial charge is 0.421 e. The van der Waals surface area contributed by atoms with Crippen LogP contribution in [0.2, 0.25) is 0 Å². The first-order valence-electron chi connectivity index (χ1n) is 6.35. The number of aryl methyl sites for hydroxylation is 1. The molecular formula is C10H14F6N2O5S3. The van der Waals surface area contributed by atoms with Crippen molar-refractivity contribution < 1.29 is 52.5 Å². The molecule has 7 nitrogen and oxygen atoms in total. The Kier molecular flexibility index (Phi) is 8.48. The van der Waals surface area contributed by atoms with Crippen molar-refractivity contribution in [1.29, 1.82) is 0 Å². The van der Waals surface area contributed by atoms with Crippen LogP contribution < -0.4 is 4.57 Å². The summed E-state index contributed by atoms with van der Waals surface area (Å²) < 4.78 is 117. The highest BCUT2D eigenvalue weighted by Gasteiger charge is 2.46. The molecule has 0 bridgehead atoms. The second kappa shape index (κ2) is 8.81. The largest absolute Gasteiger partial charge is 0.480 e. The molecule has 0 atom stereocenters. The molecule has 1 aromatic rings. The summed E-state index contributed by atoms with van der Waals surface area (Å²) >= 11 is 1.76. The summed E-state index contributed by atoms with van der Waals surface area (Å²) in [6.07, 6.45) is 0. The van der Waals surface area contributed by atoms with Gasteiger partial charge in [0.2, 0.25) is 5.51 Å². The van der Waals surface area contributed by atoms with E-state index in [1.165, 1.54) is 10.6 Å². The van der Waals surface area contributed by atoms with Gasteiger partial charge in [-0.15, -0.1) is 0 Å². The molecule has 0 amide bonds. The van der Waals surface area contributed by atoms with Crippen molar-refractivity contribution >= 4 is 31.4 Å². The number of nitrogens with zero attached hydrogens (tertiary/aromatic N) is 2. The number of hydrogen-bond donors (Lipinski definition) is 0. The molecule has 0 fully saturated rings. The van der Waals surface area contributed by atoms with Crippen LogP contribution in [-0.2, 0) is 31.5 Å². The third kappa shape index (κ3) is 6.98. The molecule has 0 N–H and O–H groups in total. The first kappa shape index (κ1) is 25.0. The summed E-state index contributed by atoms with van der Waals surface area (Å²) in [5, 5.41) is 0. The highest BCUT2D eigenvalue weighted by atomic mass is 32.3. The van der Waals surface area contributed by atoms with Crippen LogP contribution in [0.1, 0.15) is 17.5 Å². The number of halogens is 6. The lowest BCUT2D eigenvalue weighted by molar-refractivity contribution is -0.733. The standard InChI is InChI=1S/C8H14NOS.C2F6NO4S2/c1-4-10-5-9-6-11-8(3)7(9)2;3-1(4,5)14(10,11)9-15(12,13)2(6,7)8/h6H,4-5H2,1-3H3;/q+1;-1. The Morgan fingerprint density at radius 2 is 1.46 bits per heavy atom. The minimum absolute atomic E-state index is 0.687. The van der Waals surface area contributed by atoms with Crippen molar-refractivity contribution in [1.82, 2.24) is 0 Å². The van der Waals surface area contributed by atoms with Crippen molar-refractivity contribution in [2.75, 3.05) is 6.61 Å². The van der Waals surface area contributed by atoms with E-state index in [0.29, 0.717) is 6.73 Å². The van der Waals surface area contributed by atoms with Gasteiger partial charge in [-0.25, -0.2) is 16.8 Å². The van der Waals surface area contributed by atoms with Crippen LogP contribution in [0.3, 0.4) is 0 Å². The highest BCUT2D eigenvalue weighted by Crippen LogP contribution is 2.36. The van der Waals surface area contributed by atoms with Crippen LogP contribution in [-0.4, -0.2) is 34.5 Å². The average molecular weight is 452 g/mol. The average Bonchev–Trinajstić information content (AvgIpc) is 2.73. The Balaban J connectivity index is 0.000000502. The summed E-state index contributed by atoms with van der Waals surface area (Å²) in [5.41, 5.74) is -9.00. The van der Waals surface area contributed by atoms with Gasteiger partial charge in [0.15, 0.2) is 25.7 Å². The summed E-state index contributed by atoms with van der Waals surface area (Å²) in [6.45, 7) is 7.72. The zero-order valence-corrected chi connectivity index (χ0v) is 15.9. The van der Waals surface area contributed by atoms with Gasteiger partial charge in [0.25, 0.3) is 6.73 Å². The Morgan fingerprint density at radius 3 is 1.73 bits per heavy atom. The molecule has 0 aromatic carbocycles. The Labute approximate surface area is 149 Å². The van der Waals surface area contributed by atoms with Gasteiger partial charge in [-0.2, -0.15) is 30.9 Å². The van der Waals surface area contributed by atoms with E-state index in [2.05, 4.69) is 23.9 Å². The number of thiazole rings is 1. The van der Waals surface area contributed by atoms with E-state index in [4.69, 9.17) is 4.74 Å². The van der Waals surface area contributed by atoms with Crippen molar-refractivity contribution in [3.63, 3.8) is 0 Å². The lowest BCUT2D eigenvalue weighted by Gasteiger charge is -2.22. The van der Waals surface area contributed by atoms with Crippen LogP contribution in [0, 0.1) is 13.8 Å². The lowest BCUT2D eigenvalue weighted by Crippen LogP contribution is -2.35. The first-order chi connectivity index (χ1) is 11.5. The molecule has 0 aliphatic carbocycles. The van der Waals surface area contributed by atoms with Gasteiger partial charge >= 0.3 is 11.0 Å². The zero-order valence-electron chi connectivity index (χ0n) is 13.4. The van der Waals surface area contributed by atoms with E-state index >= 15 is 0 Å². The van der Waals surface area contributed by atoms with Crippen molar-refractivity contribution in [3.8, 4) is 0 Å². The van der Waals surface area contributed by atoms with Gasteiger partial charge in [-0.05, 0) is 13.8 Å². The molecule has 154 valence electrons. The van der Waals surface area contributed by atoms with E-state index in [0.717, 1.165) is 10.7 Å². The van der Waals surface area contributed by atoms with Crippen molar-refractivity contribution in [3.05, 3.63) is 20.2 Å². The Morgan fingerprint density at radius 1 is 1.04 bits per heavy atom. The number of rotatable bonds is 5. The van der Waals surface area contributed by atoms with E-state index in [1.54, 1.807) is 11.3 Å². The SMILES string of the molecule is CCOC[n+]1csc(C)c1C.O=S(=O)([N-]S(=O)(=O)C(F)(F)F)C(F)(F)F. The van der Waals surface area contributed by atoms with Crippen molar-refractivity contribution in [2.45, 2.75) is 38.5 Å². The van der Waals surface area contributed by atoms with Gasteiger partial charge in [0.05, 0.1) is 11.5 Å². The number of ether oxygens (including phenoxy) is 1. The topological polar surface area (TPSA) is 95.5 Å². The third-order valence-electron chi connectivity index (χ3n) is 2.51. The van der Waals surface area contributed by atoms with Crippen LogP contribution >= 0.6 is 11.3 Å². The van der Waals surface area contributed by atoms with Crippen LogP contribution in [0.25, 0.3) is 4.13 Å². The Bertz CT molecular complexity index is 756. The number of hydrogen-bond acceptors (Lipinski definition) is 6. The van der Waals surface area contributed by atoms with Crippen LogP contribution in [0.15, 0.2) is 5.51 Å². The summed E-state index contributed by atoms with van der Waals surface area (Å²) in [7, 11) is -13.4. The second-order valence-electron chi connectivity index (χ2n) is 4.37. The number of alkyl halides is 6. The maximum Gasteiger partial charge on any atom is 0.480 e. The molecule has 0 radical (unpaired) electrons. The van der Waals surface area contributed by atoms with E-state index in [9.17, 15) is 43.2 Å². The lowest BCUT2D eigenvalue weighted by atomic mass is 10.4. The Hall–Kier alpha value is -0.970. The van der Waals surface area contributed by atoms with Gasteiger partial charge in [0.1, 0.15) is 0 Å². The minimum Gasteiger partial charge on any atom is -0.421 e. The molecule has 0 spiro atoms. The molecule has 0 saturated heterocycles. The fourth-order valence-electron chi connectivity index (χ4n) is 1.04. The van der Waals surface area contributed by atoms with E-state index in [1.807, 2.05) is 6.92 Å². The molecule has 0 unspecified atom stereocenters. The van der Waals surface area contributed by atoms with Gasteiger partial charge in [-0.3, -0.25) is 0 Å². The quantitative estimate of drug-likeness (QED) is 0.506. The molecular weight excluding hydrogens is 438 g/mol. The predicted molar refractivity (Wildman–Crippen MR) is 78.9 cm³/mol. The molecule has 0 aliphatic heterocycles. The zero-order chi connectivity index (χ0) is 21.0. The monoisotopic (exact) mass is 452 g/mol. The second-order valence-corrected chi connectivity index (χ2v) is 8.85. The molecule has 1 aromatic heterocycles. The van der Waals surface area contributed by atoms with Gasteiger partial charge in [0, 0.05) is 6.92 Å². The first-order valence-corrected chi connectivity index (χ1v) is 10.1. The maximum atomic E-state index is 11.4.